The van der Waals surface area contributed by atoms with Crippen LogP contribution in [0.2, 0.25) is 0 Å². The van der Waals surface area contributed by atoms with Crippen molar-refractivity contribution >= 4 is 34.2 Å². The van der Waals surface area contributed by atoms with Crippen LogP contribution in [0.5, 0.6) is 5.75 Å². The number of thiophene rings is 1. The molecule has 0 fully saturated rings. The molecule has 0 aliphatic carbocycles. The van der Waals surface area contributed by atoms with Crippen molar-refractivity contribution in [1.29, 1.82) is 0 Å². The van der Waals surface area contributed by atoms with Gasteiger partial charge in [-0.3, -0.25) is 4.79 Å². The van der Waals surface area contributed by atoms with E-state index < -0.39 is 24.5 Å². The third-order valence-electron chi connectivity index (χ3n) is 3.67. The predicted molar refractivity (Wildman–Crippen MR) is 97.0 cm³/mol. The van der Waals surface area contributed by atoms with E-state index >= 15 is 0 Å². The van der Waals surface area contributed by atoms with Crippen LogP contribution in [0, 0.1) is 13.8 Å². The highest BCUT2D eigenvalue weighted by Gasteiger charge is 2.22. The highest BCUT2D eigenvalue weighted by atomic mass is 32.1. The van der Waals surface area contributed by atoms with Gasteiger partial charge in [-0.05, 0) is 37.6 Å². The number of nitrogens with one attached hydrogen (secondary N) is 1. The van der Waals surface area contributed by atoms with Gasteiger partial charge in [-0.1, -0.05) is 6.07 Å². The Kier molecular flexibility index (Phi) is 6.35. The first-order valence-electron chi connectivity index (χ1n) is 7.66. The molecule has 1 aromatic heterocycles. The molecule has 0 aliphatic heterocycles. The Morgan fingerprint density at radius 3 is 2.50 bits per heavy atom. The maximum atomic E-state index is 12.1. The van der Waals surface area contributed by atoms with E-state index in [0.717, 1.165) is 10.4 Å². The molecule has 1 N–H and O–H groups in total. The molecule has 0 bridgehead atoms. The van der Waals surface area contributed by atoms with Gasteiger partial charge in [0.25, 0.3) is 5.91 Å². The average Bonchev–Trinajstić information content (AvgIpc) is 2.92. The Morgan fingerprint density at radius 2 is 1.85 bits per heavy atom. The lowest BCUT2D eigenvalue weighted by molar-refractivity contribution is -0.119. The van der Waals surface area contributed by atoms with Crippen LogP contribution in [-0.2, 0) is 14.3 Å². The molecule has 26 heavy (non-hydrogen) atoms. The fourth-order valence-corrected chi connectivity index (χ4v) is 3.25. The number of carbonyl (C=O) groups excluding carboxylic acids is 3. The molecular weight excluding hydrogens is 358 g/mol. The first-order chi connectivity index (χ1) is 12.4. The third-order valence-corrected chi connectivity index (χ3v) is 4.79. The monoisotopic (exact) mass is 377 g/mol. The summed E-state index contributed by atoms with van der Waals surface area (Å²) in [5.74, 6) is -1.22. The SMILES string of the molecule is COC(=O)c1c(NC(=O)COC(=O)c2cccc(OC)c2)sc(C)c1C. The van der Waals surface area contributed by atoms with Gasteiger partial charge >= 0.3 is 11.9 Å². The van der Waals surface area contributed by atoms with E-state index in [2.05, 4.69) is 5.32 Å². The maximum Gasteiger partial charge on any atom is 0.341 e. The van der Waals surface area contributed by atoms with Crippen molar-refractivity contribution in [3.8, 4) is 5.75 Å². The summed E-state index contributed by atoms with van der Waals surface area (Å²) in [7, 11) is 2.76. The van der Waals surface area contributed by atoms with Crippen molar-refractivity contribution < 1.29 is 28.6 Å². The molecule has 138 valence electrons. The summed E-state index contributed by atoms with van der Waals surface area (Å²) in [6.45, 7) is 3.13. The van der Waals surface area contributed by atoms with E-state index in [9.17, 15) is 14.4 Å². The minimum absolute atomic E-state index is 0.273. The molecule has 8 heteroatoms. The molecule has 0 aliphatic rings. The summed E-state index contributed by atoms with van der Waals surface area (Å²) < 4.78 is 14.8. The first kappa shape index (κ1) is 19.5. The highest BCUT2D eigenvalue weighted by molar-refractivity contribution is 7.16. The van der Waals surface area contributed by atoms with E-state index in [4.69, 9.17) is 14.2 Å². The summed E-state index contributed by atoms with van der Waals surface area (Å²) in [5.41, 5.74) is 1.32. The van der Waals surface area contributed by atoms with Gasteiger partial charge in [0, 0.05) is 4.88 Å². The number of ether oxygens (including phenoxy) is 3. The second-order valence-corrected chi connectivity index (χ2v) is 6.56. The minimum atomic E-state index is -0.647. The molecule has 0 unspecified atom stereocenters. The zero-order valence-electron chi connectivity index (χ0n) is 14.9. The van der Waals surface area contributed by atoms with Gasteiger partial charge in [-0.2, -0.15) is 0 Å². The Labute approximate surface area is 154 Å². The molecule has 0 saturated carbocycles. The van der Waals surface area contributed by atoms with Gasteiger partial charge in [0.05, 0.1) is 25.3 Å². The Morgan fingerprint density at radius 1 is 1.12 bits per heavy atom. The molecule has 1 amide bonds. The number of benzene rings is 1. The van der Waals surface area contributed by atoms with Crippen LogP contribution in [-0.4, -0.2) is 38.7 Å². The summed E-state index contributed by atoms with van der Waals surface area (Å²) in [6, 6.07) is 6.42. The lowest BCUT2D eigenvalue weighted by Gasteiger charge is -2.08. The normalized spacial score (nSPS) is 10.2. The molecule has 1 aromatic carbocycles. The summed E-state index contributed by atoms with van der Waals surface area (Å²) in [5, 5.41) is 2.96. The van der Waals surface area contributed by atoms with Crippen molar-refractivity contribution in [3.05, 3.63) is 45.8 Å². The number of amides is 1. The number of methoxy groups -OCH3 is 2. The standard InChI is InChI=1S/C18H19NO6S/c1-10-11(2)26-16(15(10)18(22)24-4)19-14(20)9-25-17(21)12-6-5-7-13(8-12)23-3/h5-8H,9H2,1-4H3,(H,19,20). The first-order valence-corrected chi connectivity index (χ1v) is 8.48. The molecule has 2 aromatic rings. The number of hydrogen-bond acceptors (Lipinski definition) is 7. The van der Waals surface area contributed by atoms with Crippen molar-refractivity contribution in [1.82, 2.24) is 0 Å². The van der Waals surface area contributed by atoms with Crippen LogP contribution in [0.25, 0.3) is 0 Å². The molecule has 7 nitrogen and oxygen atoms in total. The van der Waals surface area contributed by atoms with Crippen molar-refractivity contribution in [3.63, 3.8) is 0 Å². The van der Waals surface area contributed by atoms with Crippen LogP contribution < -0.4 is 10.1 Å². The summed E-state index contributed by atoms with van der Waals surface area (Å²) >= 11 is 1.26. The van der Waals surface area contributed by atoms with Crippen molar-refractivity contribution in [2.75, 3.05) is 26.1 Å². The van der Waals surface area contributed by atoms with Crippen LogP contribution in [0.4, 0.5) is 5.00 Å². The van der Waals surface area contributed by atoms with E-state index in [1.807, 2.05) is 6.92 Å². The fraction of sp³-hybridized carbons (Fsp3) is 0.278. The largest absolute Gasteiger partial charge is 0.497 e. The van der Waals surface area contributed by atoms with Crippen LogP contribution in [0.15, 0.2) is 24.3 Å². The van der Waals surface area contributed by atoms with Gasteiger partial charge in [0.2, 0.25) is 0 Å². The van der Waals surface area contributed by atoms with Gasteiger partial charge < -0.3 is 19.5 Å². The number of esters is 2. The summed E-state index contributed by atoms with van der Waals surface area (Å²) in [4.78, 5) is 36.9. The molecule has 2 rings (SSSR count). The van der Waals surface area contributed by atoms with Crippen LogP contribution in [0.1, 0.15) is 31.2 Å². The van der Waals surface area contributed by atoms with Gasteiger partial charge in [0.1, 0.15) is 10.8 Å². The number of rotatable bonds is 6. The second-order valence-electron chi connectivity index (χ2n) is 5.34. The number of anilines is 1. The Hall–Kier alpha value is -2.87. The summed E-state index contributed by atoms with van der Waals surface area (Å²) in [6.07, 6.45) is 0. The molecule has 1 heterocycles. The lowest BCUT2D eigenvalue weighted by atomic mass is 10.1. The molecule has 0 atom stereocenters. The fourth-order valence-electron chi connectivity index (χ4n) is 2.19. The Balaban J connectivity index is 2.02. The maximum absolute atomic E-state index is 12.1. The Bertz CT molecular complexity index is 842. The van der Waals surface area contributed by atoms with Crippen LogP contribution in [0.3, 0.4) is 0 Å². The van der Waals surface area contributed by atoms with Crippen molar-refractivity contribution in [2.24, 2.45) is 0 Å². The number of hydrogen-bond donors (Lipinski definition) is 1. The van der Waals surface area contributed by atoms with E-state index in [1.54, 1.807) is 25.1 Å². The molecule has 0 radical (unpaired) electrons. The third kappa shape index (κ3) is 4.40. The minimum Gasteiger partial charge on any atom is -0.497 e. The smallest absolute Gasteiger partial charge is 0.341 e. The lowest BCUT2D eigenvalue weighted by Crippen LogP contribution is -2.21. The quantitative estimate of drug-likeness (QED) is 0.779. The molecule has 0 spiro atoms. The van der Waals surface area contributed by atoms with Gasteiger partial charge in [-0.25, -0.2) is 9.59 Å². The zero-order valence-corrected chi connectivity index (χ0v) is 15.7. The van der Waals surface area contributed by atoms with Gasteiger partial charge in [0.15, 0.2) is 6.61 Å². The molecule has 0 saturated heterocycles. The van der Waals surface area contributed by atoms with Gasteiger partial charge in [-0.15, -0.1) is 11.3 Å². The number of carbonyl (C=O) groups is 3. The number of aryl methyl sites for hydroxylation is 1. The second kappa shape index (κ2) is 8.48. The van der Waals surface area contributed by atoms with E-state index in [-0.39, 0.29) is 5.56 Å². The van der Waals surface area contributed by atoms with E-state index in [0.29, 0.717) is 16.3 Å². The topological polar surface area (TPSA) is 90.9 Å². The molecular formula is C18H19NO6S. The van der Waals surface area contributed by atoms with E-state index in [1.165, 1.54) is 31.6 Å². The highest BCUT2D eigenvalue weighted by Crippen LogP contribution is 2.32. The average molecular weight is 377 g/mol. The van der Waals surface area contributed by atoms with Crippen LogP contribution >= 0.6 is 11.3 Å². The van der Waals surface area contributed by atoms with Crippen molar-refractivity contribution in [2.45, 2.75) is 13.8 Å². The zero-order chi connectivity index (χ0) is 19.3. The predicted octanol–water partition coefficient (Wildman–Crippen LogP) is 2.96.